The lowest BCUT2D eigenvalue weighted by Crippen LogP contribution is -2.53. The standard InChI is InChI=1S/C37H41Cl2N3O5S2/c1-5-47-31-15-13-30(14-16-31)42(49(45,46)33-19-17-32(48-4)18-20-33)25-36(43)41(24-28-11-12-29(38)22-34(28)39)35(37(44)40-23-26(2)3)21-27-9-7-6-8-10-27/h6-20,22,26,35H,5,21,23-25H2,1-4H3,(H,40,44)/t35-/m0/s1. The molecule has 0 radical (unpaired) electrons. The quantitative estimate of drug-likeness (QED) is 0.118. The monoisotopic (exact) mass is 741 g/mol. The molecule has 4 rings (SSSR count). The average molecular weight is 743 g/mol. The third-order valence-corrected chi connectivity index (χ3v) is 10.8. The summed E-state index contributed by atoms with van der Waals surface area (Å²) in [4.78, 5) is 31.0. The first-order chi connectivity index (χ1) is 23.4. The molecule has 4 aromatic carbocycles. The Labute approximate surface area is 303 Å². The highest BCUT2D eigenvalue weighted by molar-refractivity contribution is 7.98. The zero-order chi connectivity index (χ0) is 35.6. The lowest BCUT2D eigenvalue weighted by molar-refractivity contribution is -0.140. The van der Waals surface area contributed by atoms with Gasteiger partial charge >= 0.3 is 0 Å². The van der Waals surface area contributed by atoms with Gasteiger partial charge in [-0.25, -0.2) is 8.42 Å². The van der Waals surface area contributed by atoms with E-state index in [-0.39, 0.29) is 35.4 Å². The number of rotatable bonds is 16. The van der Waals surface area contributed by atoms with Gasteiger partial charge in [-0.1, -0.05) is 73.4 Å². The lowest BCUT2D eigenvalue weighted by atomic mass is 10.0. The predicted octanol–water partition coefficient (Wildman–Crippen LogP) is 7.72. The molecule has 0 bridgehead atoms. The van der Waals surface area contributed by atoms with E-state index in [9.17, 15) is 18.0 Å². The summed E-state index contributed by atoms with van der Waals surface area (Å²) in [5.41, 5.74) is 1.65. The molecule has 0 unspecified atom stereocenters. The zero-order valence-electron chi connectivity index (χ0n) is 27.9. The van der Waals surface area contributed by atoms with Crippen molar-refractivity contribution in [3.63, 3.8) is 0 Å². The van der Waals surface area contributed by atoms with E-state index in [1.54, 1.807) is 54.6 Å². The number of hydrogen-bond donors (Lipinski definition) is 1. The number of ether oxygens (including phenoxy) is 1. The van der Waals surface area contributed by atoms with Crippen LogP contribution in [0.3, 0.4) is 0 Å². The van der Waals surface area contributed by atoms with Crippen molar-refractivity contribution in [2.45, 2.75) is 49.6 Å². The molecule has 4 aromatic rings. The maximum atomic E-state index is 14.7. The molecule has 2 amide bonds. The van der Waals surface area contributed by atoms with Crippen LogP contribution in [-0.4, -0.2) is 57.1 Å². The van der Waals surface area contributed by atoms with Crippen LogP contribution in [0.4, 0.5) is 5.69 Å². The largest absolute Gasteiger partial charge is 0.494 e. The van der Waals surface area contributed by atoms with Crippen LogP contribution < -0.4 is 14.4 Å². The summed E-state index contributed by atoms with van der Waals surface area (Å²) < 4.78 is 35.3. The fourth-order valence-electron chi connectivity index (χ4n) is 5.09. The van der Waals surface area contributed by atoms with Gasteiger partial charge in [-0.2, -0.15) is 0 Å². The van der Waals surface area contributed by atoms with Gasteiger partial charge in [0.25, 0.3) is 10.0 Å². The molecule has 12 heteroatoms. The van der Waals surface area contributed by atoms with Crippen LogP contribution in [0.15, 0.2) is 107 Å². The van der Waals surface area contributed by atoms with Gasteiger partial charge in [0.15, 0.2) is 0 Å². The van der Waals surface area contributed by atoms with Crippen molar-refractivity contribution in [3.05, 3.63) is 118 Å². The highest BCUT2D eigenvalue weighted by Gasteiger charge is 2.35. The SMILES string of the molecule is CCOc1ccc(N(CC(=O)N(Cc2ccc(Cl)cc2Cl)[C@@H](Cc2ccccc2)C(=O)NCC(C)C)S(=O)(=O)c2ccc(SC)cc2)cc1. The molecule has 0 heterocycles. The second kappa shape index (κ2) is 17.8. The van der Waals surface area contributed by atoms with E-state index in [4.69, 9.17) is 27.9 Å². The molecule has 0 aliphatic rings. The number of hydrogen-bond acceptors (Lipinski definition) is 6. The van der Waals surface area contributed by atoms with Gasteiger partial charge in [-0.05, 0) is 90.9 Å². The van der Waals surface area contributed by atoms with Crippen molar-refractivity contribution in [2.24, 2.45) is 5.92 Å². The molecule has 1 N–H and O–H groups in total. The van der Waals surface area contributed by atoms with E-state index >= 15 is 0 Å². The van der Waals surface area contributed by atoms with Crippen molar-refractivity contribution >= 4 is 62.5 Å². The summed E-state index contributed by atoms with van der Waals surface area (Å²) in [6, 6.07) is 26.3. The van der Waals surface area contributed by atoms with Crippen molar-refractivity contribution in [1.82, 2.24) is 10.2 Å². The number of nitrogens with one attached hydrogen (secondary N) is 1. The number of thioether (sulfide) groups is 1. The molecule has 0 saturated heterocycles. The molecule has 0 fully saturated rings. The number of benzene rings is 4. The van der Waals surface area contributed by atoms with E-state index in [1.807, 2.05) is 57.4 Å². The molecule has 49 heavy (non-hydrogen) atoms. The van der Waals surface area contributed by atoms with Gasteiger partial charge < -0.3 is 15.0 Å². The van der Waals surface area contributed by atoms with Crippen LogP contribution in [0.1, 0.15) is 31.9 Å². The summed E-state index contributed by atoms with van der Waals surface area (Å²) in [6.07, 6.45) is 2.09. The van der Waals surface area contributed by atoms with Gasteiger partial charge in [0, 0.05) is 34.5 Å². The minimum absolute atomic E-state index is 0.0230. The Bertz CT molecular complexity index is 1810. The number of carbonyl (C=O) groups is 2. The number of carbonyl (C=O) groups excluding carboxylic acids is 2. The summed E-state index contributed by atoms with van der Waals surface area (Å²) in [7, 11) is -4.25. The normalized spacial score (nSPS) is 12.0. The molecule has 0 aromatic heterocycles. The van der Waals surface area contributed by atoms with Crippen LogP contribution >= 0.6 is 35.0 Å². The Balaban J connectivity index is 1.82. The highest BCUT2D eigenvalue weighted by Crippen LogP contribution is 2.29. The smallest absolute Gasteiger partial charge is 0.264 e. The maximum absolute atomic E-state index is 14.7. The van der Waals surface area contributed by atoms with E-state index < -0.39 is 28.5 Å². The van der Waals surface area contributed by atoms with Gasteiger partial charge in [0.1, 0.15) is 18.3 Å². The topological polar surface area (TPSA) is 96.0 Å². The molecule has 8 nitrogen and oxygen atoms in total. The first-order valence-electron chi connectivity index (χ1n) is 15.9. The summed E-state index contributed by atoms with van der Waals surface area (Å²) in [5, 5.41) is 3.72. The first kappa shape index (κ1) is 38.1. The summed E-state index contributed by atoms with van der Waals surface area (Å²) in [5.74, 6) is -0.235. The van der Waals surface area contributed by atoms with E-state index in [0.717, 1.165) is 14.8 Å². The second-order valence-corrected chi connectivity index (χ2v) is 15.3. The zero-order valence-corrected chi connectivity index (χ0v) is 31.1. The van der Waals surface area contributed by atoms with E-state index in [1.165, 1.54) is 28.8 Å². The van der Waals surface area contributed by atoms with Crippen LogP contribution in [0.25, 0.3) is 0 Å². The third kappa shape index (κ3) is 10.4. The Kier molecular flexibility index (Phi) is 13.8. The van der Waals surface area contributed by atoms with Gasteiger partial charge in [0.05, 0.1) is 17.2 Å². The van der Waals surface area contributed by atoms with Crippen LogP contribution in [0, 0.1) is 5.92 Å². The first-order valence-corrected chi connectivity index (χ1v) is 19.3. The van der Waals surface area contributed by atoms with E-state index in [2.05, 4.69) is 5.32 Å². The predicted molar refractivity (Wildman–Crippen MR) is 199 cm³/mol. The molecule has 0 spiro atoms. The molecule has 1 atom stereocenters. The Morgan fingerprint density at radius 1 is 0.918 bits per heavy atom. The molecule has 0 aliphatic heterocycles. The minimum Gasteiger partial charge on any atom is -0.494 e. The fourth-order valence-corrected chi connectivity index (χ4v) is 7.38. The number of anilines is 1. The van der Waals surface area contributed by atoms with E-state index in [0.29, 0.717) is 34.5 Å². The second-order valence-electron chi connectivity index (χ2n) is 11.7. The Hall–Kier alpha value is -3.70. The molecule has 0 saturated carbocycles. The average Bonchev–Trinajstić information content (AvgIpc) is 3.09. The minimum atomic E-state index is -4.25. The Morgan fingerprint density at radius 3 is 2.18 bits per heavy atom. The van der Waals surface area contributed by atoms with Gasteiger partial charge in [-0.3, -0.25) is 13.9 Å². The summed E-state index contributed by atoms with van der Waals surface area (Å²) in [6.45, 7) is 5.99. The molecular weight excluding hydrogens is 701 g/mol. The van der Waals surface area contributed by atoms with Crippen LogP contribution in [0.2, 0.25) is 10.0 Å². The van der Waals surface area contributed by atoms with Crippen molar-refractivity contribution in [3.8, 4) is 5.75 Å². The van der Waals surface area contributed by atoms with Crippen molar-refractivity contribution < 1.29 is 22.7 Å². The number of nitrogens with zero attached hydrogens (tertiary/aromatic N) is 2. The van der Waals surface area contributed by atoms with Crippen molar-refractivity contribution in [1.29, 1.82) is 0 Å². The summed E-state index contributed by atoms with van der Waals surface area (Å²) >= 11 is 14.3. The lowest BCUT2D eigenvalue weighted by Gasteiger charge is -2.34. The van der Waals surface area contributed by atoms with Gasteiger partial charge in [0.2, 0.25) is 11.8 Å². The highest BCUT2D eigenvalue weighted by atomic mass is 35.5. The number of sulfonamides is 1. The van der Waals surface area contributed by atoms with Crippen LogP contribution in [-0.2, 0) is 32.6 Å². The fraction of sp³-hybridized carbons (Fsp3) is 0.297. The van der Waals surface area contributed by atoms with Crippen molar-refractivity contribution in [2.75, 3.05) is 30.3 Å². The maximum Gasteiger partial charge on any atom is 0.264 e. The number of halogens is 2. The Morgan fingerprint density at radius 2 is 1.59 bits per heavy atom. The van der Waals surface area contributed by atoms with Gasteiger partial charge in [-0.15, -0.1) is 11.8 Å². The number of amides is 2. The third-order valence-electron chi connectivity index (χ3n) is 7.67. The molecule has 0 aliphatic carbocycles. The molecular formula is C37H41Cl2N3O5S2. The molecule has 260 valence electrons. The van der Waals surface area contributed by atoms with Crippen LogP contribution in [0.5, 0.6) is 5.75 Å².